The monoisotopic (exact) mass is 235 g/mol. The summed E-state index contributed by atoms with van der Waals surface area (Å²) in [5.74, 6) is 2.85. The summed E-state index contributed by atoms with van der Waals surface area (Å²) in [6, 6.07) is 1.91. The Morgan fingerprint density at radius 3 is 2.71 bits per heavy atom. The number of hydrogen-bond donors (Lipinski definition) is 1. The van der Waals surface area contributed by atoms with Gasteiger partial charge in [-0.15, -0.1) is 10.2 Å². The van der Waals surface area contributed by atoms with Crippen molar-refractivity contribution in [3.63, 3.8) is 0 Å². The summed E-state index contributed by atoms with van der Waals surface area (Å²) >= 11 is 0. The highest BCUT2D eigenvalue weighted by Gasteiger charge is 2.14. The summed E-state index contributed by atoms with van der Waals surface area (Å²) in [5.41, 5.74) is 0.879. The van der Waals surface area contributed by atoms with Gasteiger partial charge in [0.05, 0.1) is 5.56 Å². The lowest BCUT2D eigenvalue weighted by Gasteiger charge is -1.95. The van der Waals surface area contributed by atoms with Gasteiger partial charge < -0.3 is 14.2 Å². The first-order valence-electron chi connectivity index (χ1n) is 5.81. The number of furan rings is 1. The molecule has 0 aliphatic heterocycles. The Balaban J connectivity index is 2.10. The third-order valence-electron chi connectivity index (χ3n) is 2.50. The first-order valence-corrected chi connectivity index (χ1v) is 5.81. The van der Waals surface area contributed by atoms with Crippen LogP contribution < -0.4 is 5.32 Å². The Labute approximate surface area is 100 Å². The maximum Gasteiger partial charge on any atom is 0.251 e. The minimum atomic E-state index is 0.533. The van der Waals surface area contributed by atoms with Crippen molar-refractivity contribution in [3.8, 4) is 11.5 Å². The lowest BCUT2D eigenvalue weighted by atomic mass is 10.2. The van der Waals surface area contributed by atoms with Gasteiger partial charge in [-0.1, -0.05) is 6.92 Å². The van der Waals surface area contributed by atoms with Crippen LogP contribution in [0.4, 0.5) is 0 Å². The minimum absolute atomic E-state index is 0.533. The van der Waals surface area contributed by atoms with Crippen LogP contribution in [0.3, 0.4) is 0 Å². The zero-order valence-electron chi connectivity index (χ0n) is 10.4. The van der Waals surface area contributed by atoms with Gasteiger partial charge in [0.15, 0.2) is 0 Å². The Bertz CT molecular complexity index is 488. The molecule has 0 fully saturated rings. The van der Waals surface area contributed by atoms with E-state index in [2.05, 4.69) is 22.4 Å². The average Bonchev–Trinajstić information content (AvgIpc) is 2.86. The summed E-state index contributed by atoms with van der Waals surface area (Å²) in [6.45, 7) is 7.66. The summed E-state index contributed by atoms with van der Waals surface area (Å²) in [6.07, 6.45) is 0.747. The second-order valence-corrected chi connectivity index (χ2v) is 3.93. The molecule has 92 valence electrons. The van der Waals surface area contributed by atoms with Gasteiger partial charge in [-0.3, -0.25) is 0 Å². The van der Waals surface area contributed by atoms with Crippen molar-refractivity contribution in [2.75, 3.05) is 13.1 Å². The van der Waals surface area contributed by atoms with Gasteiger partial charge in [0, 0.05) is 13.0 Å². The van der Waals surface area contributed by atoms with Crippen LogP contribution in [0.15, 0.2) is 14.9 Å². The number of nitrogens with one attached hydrogen (secondary N) is 1. The van der Waals surface area contributed by atoms with E-state index in [0.717, 1.165) is 36.6 Å². The van der Waals surface area contributed by atoms with Crippen molar-refractivity contribution in [2.24, 2.45) is 0 Å². The molecule has 0 radical (unpaired) electrons. The van der Waals surface area contributed by atoms with Crippen molar-refractivity contribution in [1.29, 1.82) is 0 Å². The molecule has 2 aromatic heterocycles. The summed E-state index contributed by atoms with van der Waals surface area (Å²) in [5, 5.41) is 11.3. The molecule has 0 atom stereocenters. The van der Waals surface area contributed by atoms with Gasteiger partial charge in [0.2, 0.25) is 5.89 Å². The second kappa shape index (κ2) is 5.14. The van der Waals surface area contributed by atoms with Crippen molar-refractivity contribution >= 4 is 0 Å². The minimum Gasteiger partial charge on any atom is -0.466 e. The largest absolute Gasteiger partial charge is 0.466 e. The highest BCUT2D eigenvalue weighted by molar-refractivity contribution is 5.55. The van der Waals surface area contributed by atoms with Gasteiger partial charge in [0.25, 0.3) is 5.89 Å². The zero-order chi connectivity index (χ0) is 12.3. The molecule has 5 nitrogen and oxygen atoms in total. The van der Waals surface area contributed by atoms with Crippen molar-refractivity contribution in [3.05, 3.63) is 23.5 Å². The normalized spacial score (nSPS) is 11.0. The Hall–Kier alpha value is -1.62. The molecule has 2 heterocycles. The fraction of sp³-hybridized carbons (Fsp3) is 0.500. The van der Waals surface area contributed by atoms with Gasteiger partial charge in [-0.2, -0.15) is 0 Å². The van der Waals surface area contributed by atoms with Crippen LogP contribution in [0.2, 0.25) is 0 Å². The topological polar surface area (TPSA) is 64.1 Å². The van der Waals surface area contributed by atoms with E-state index in [0.29, 0.717) is 11.8 Å². The SMILES string of the molecule is CCNCCc1nnc(-c2cc(C)oc2C)o1. The number of rotatable bonds is 5. The molecule has 0 unspecified atom stereocenters. The van der Waals surface area contributed by atoms with Gasteiger partial charge in [-0.05, 0) is 26.5 Å². The zero-order valence-corrected chi connectivity index (χ0v) is 10.4. The molecule has 0 spiro atoms. The van der Waals surface area contributed by atoms with E-state index in [9.17, 15) is 0 Å². The number of aromatic nitrogens is 2. The molecular formula is C12H17N3O2. The molecule has 1 N–H and O–H groups in total. The van der Waals surface area contributed by atoms with Gasteiger partial charge in [0.1, 0.15) is 11.5 Å². The molecule has 2 aromatic rings. The van der Waals surface area contributed by atoms with E-state index in [1.807, 2.05) is 19.9 Å². The molecule has 0 saturated carbocycles. The number of aryl methyl sites for hydroxylation is 2. The summed E-state index contributed by atoms with van der Waals surface area (Å²) < 4.78 is 11.0. The first kappa shape index (κ1) is 11.9. The van der Waals surface area contributed by atoms with Crippen LogP contribution >= 0.6 is 0 Å². The standard InChI is InChI=1S/C12H17N3O2/c1-4-13-6-5-11-14-15-12(17-11)10-7-8(2)16-9(10)3/h7,13H,4-6H2,1-3H3. The predicted molar refractivity (Wildman–Crippen MR) is 63.7 cm³/mol. The number of hydrogen-bond acceptors (Lipinski definition) is 5. The predicted octanol–water partition coefficient (Wildman–Crippen LogP) is 2.10. The quantitative estimate of drug-likeness (QED) is 0.804. The van der Waals surface area contributed by atoms with E-state index in [-0.39, 0.29) is 0 Å². The maximum atomic E-state index is 5.59. The van der Waals surface area contributed by atoms with Gasteiger partial charge in [-0.25, -0.2) is 0 Å². The highest BCUT2D eigenvalue weighted by Crippen LogP contribution is 2.25. The molecule has 5 heteroatoms. The highest BCUT2D eigenvalue weighted by atomic mass is 16.4. The van der Waals surface area contributed by atoms with Crippen LogP contribution in [0, 0.1) is 13.8 Å². The maximum absolute atomic E-state index is 5.59. The Kier molecular flexibility index (Phi) is 3.58. The van der Waals surface area contributed by atoms with E-state index in [1.165, 1.54) is 0 Å². The third kappa shape index (κ3) is 2.74. The van der Waals surface area contributed by atoms with Crippen LogP contribution in [-0.2, 0) is 6.42 Å². The molecule has 0 bridgehead atoms. The van der Waals surface area contributed by atoms with Crippen LogP contribution in [0.1, 0.15) is 24.3 Å². The van der Waals surface area contributed by atoms with Gasteiger partial charge >= 0.3 is 0 Å². The smallest absolute Gasteiger partial charge is 0.251 e. The van der Waals surface area contributed by atoms with Crippen molar-refractivity contribution in [2.45, 2.75) is 27.2 Å². The first-order chi connectivity index (χ1) is 8.20. The molecule has 0 saturated heterocycles. The van der Waals surface area contributed by atoms with E-state index in [1.54, 1.807) is 0 Å². The number of likely N-dealkylation sites (N-methyl/N-ethyl adjacent to an activating group) is 1. The third-order valence-corrected chi connectivity index (χ3v) is 2.50. The molecular weight excluding hydrogens is 218 g/mol. The number of nitrogens with zero attached hydrogens (tertiary/aromatic N) is 2. The molecule has 0 amide bonds. The molecule has 2 rings (SSSR count). The van der Waals surface area contributed by atoms with E-state index >= 15 is 0 Å². The molecule has 17 heavy (non-hydrogen) atoms. The summed E-state index contributed by atoms with van der Waals surface area (Å²) in [7, 11) is 0. The van der Waals surface area contributed by atoms with E-state index in [4.69, 9.17) is 8.83 Å². The van der Waals surface area contributed by atoms with Crippen LogP contribution in [-0.4, -0.2) is 23.3 Å². The molecule has 0 aromatic carbocycles. The van der Waals surface area contributed by atoms with E-state index < -0.39 is 0 Å². The molecule has 0 aliphatic carbocycles. The summed E-state index contributed by atoms with van der Waals surface area (Å²) in [4.78, 5) is 0. The van der Waals surface area contributed by atoms with Crippen LogP contribution in [0.5, 0.6) is 0 Å². The Morgan fingerprint density at radius 1 is 1.24 bits per heavy atom. The second-order valence-electron chi connectivity index (χ2n) is 3.93. The molecule has 0 aliphatic rings. The lowest BCUT2D eigenvalue weighted by Crippen LogP contribution is -2.16. The Morgan fingerprint density at radius 2 is 2.06 bits per heavy atom. The fourth-order valence-corrected chi connectivity index (χ4v) is 1.68. The average molecular weight is 235 g/mol. The fourth-order valence-electron chi connectivity index (χ4n) is 1.68. The van der Waals surface area contributed by atoms with Crippen molar-refractivity contribution < 1.29 is 8.83 Å². The van der Waals surface area contributed by atoms with Crippen LogP contribution in [0.25, 0.3) is 11.5 Å². The van der Waals surface area contributed by atoms with Crippen molar-refractivity contribution in [1.82, 2.24) is 15.5 Å². The lowest BCUT2D eigenvalue weighted by molar-refractivity contribution is 0.488.